The van der Waals surface area contributed by atoms with E-state index in [4.69, 9.17) is 0 Å². The van der Waals surface area contributed by atoms with Gasteiger partial charge in [-0.05, 0) is 12.1 Å². The zero-order chi connectivity index (χ0) is 10.8. The van der Waals surface area contributed by atoms with Crippen molar-refractivity contribution >= 4 is 17.2 Å². The Kier molecular flexibility index (Phi) is 2.62. The van der Waals surface area contributed by atoms with Gasteiger partial charge in [-0.25, -0.2) is 0 Å². The molecule has 0 saturated heterocycles. The third-order valence-corrected chi connectivity index (χ3v) is 2.67. The van der Waals surface area contributed by atoms with Crippen molar-refractivity contribution in [1.29, 1.82) is 0 Å². The van der Waals surface area contributed by atoms with Crippen LogP contribution in [0.2, 0.25) is 0 Å². The first kappa shape index (κ1) is 10.0. The van der Waals surface area contributed by atoms with E-state index in [1.807, 2.05) is 38.1 Å². The molecule has 15 heavy (non-hydrogen) atoms. The number of ketones is 1. The molecule has 0 fully saturated rings. The molecule has 1 aromatic rings. The van der Waals surface area contributed by atoms with Gasteiger partial charge in [0.05, 0.1) is 11.4 Å². The highest BCUT2D eigenvalue weighted by atomic mass is 16.1. The number of carbonyl (C=O) groups excluding carboxylic acids is 1. The Morgan fingerprint density at radius 2 is 2.00 bits per heavy atom. The van der Waals surface area contributed by atoms with Crippen LogP contribution >= 0.6 is 0 Å². The molecule has 0 bridgehead atoms. The maximum Gasteiger partial charge on any atom is 0.159 e. The Labute approximate surface area is 89.9 Å². The van der Waals surface area contributed by atoms with Gasteiger partial charge >= 0.3 is 0 Å². The molecule has 3 heteroatoms. The fraction of sp³-hybridized carbons (Fsp3) is 0.417. The summed E-state index contributed by atoms with van der Waals surface area (Å²) in [5, 5.41) is 6.53. The summed E-state index contributed by atoms with van der Waals surface area (Å²) in [5.74, 6) is 0.339. The van der Waals surface area contributed by atoms with Gasteiger partial charge < -0.3 is 10.6 Å². The first-order valence-electron chi connectivity index (χ1n) is 5.31. The Hall–Kier alpha value is -1.51. The minimum absolute atomic E-state index is 0.0783. The third-order valence-electron chi connectivity index (χ3n) is 2.67. The SMILES string of the molecule is CC(C)C(=O)[C@H]1CNc2ccccc2N1. The van der Waals surface area contributed by atoms with Crippen molar-refractivity contribution in [1.82, 2.24) is 0 Å². The van der Waals surface area contributed by atoms with Crippen molar-refractivity contribution in [3.63, 3.8) is 0 Å². The minimum atomic E-state index is -0.0973. The first-order chi connectivity index (χ1) is 7.18. The van der Waals surface area contributed by atoms with Gasteiger partial charge in [0.2, 0.25) is 0 Å². The number of anilines is 2. The smallest absolute Gasteiger partial charge is 0.159 e. The molecule has 3 nitrogen and oxygen atoms in total. The molecule has 0 spiro atoms. The minimum Gasteiger partial charge on any atom is -0.381 e. The second-order valence-electron chi connectivity index (χ2n) is 4.18. The summed E-state index contributed by atoms with van der Waals surface area (Å²) < 4.78 is 0. The van der Waals surface area contributed by atoms with E-state index in [2.05, 4.69) is 10.6 Å². The van der Waals surface area contributed by atoms with E-state index in [0.29, 0.717) is 6.54 Å². The number of carbonyl (C=O) groups is 1. The fourth-order valence-electron chi connectivity index (χ4n) is 1.79. The van der Waals surface area contributed by atoms with Crippen LogP contribution in [0.4, 0.5) is 11.4 Å². The standard InChI is InChI=1S/C12H16N2O/c1-8(2)12(15)11-7-13-9-5-3-4-6-10(9)14-11/h3-6,8,11,13-14H,7H2,1-2H3/t11-/m1/s1. The summed E-state index contributed by atoms with van der Waals surface area (Å²) in [4.78, 5) is 11.8. The molecule has 0 amide bonds. The summed E-state index contributed by atoms with van der Waals surface area (Å²) in [5.41, 5.74) is 2.09. The van der Waals surface area contributed by atoms with Crippen LogP contribution in [0.15, 0.2) is 24.3 Å². The highest BCUT2D eigenvalue weighted by molar-refractivity contribution is 5.91. The van der Waals surface area contributed by atoms with Gasteiger partial charge in [0, 0.05) is 12.5 Å². The average Bonchev–Trinajstić information content (AvgIpc) is 2.27. The molecule has 2 N–H and O–H groups in total. The van der Waals surface area contributed by atoms with Crippen LogP contribution in [0.1, 0.15) is 13.8 Å². The van der Waals surface area contributed by atoms with Crippen LogP contribution in [0.25, 0.3) is 0 Å². The van der Waals surface area contributed by atoms with Gasteiger partial charge in [0.15, 0.2) is 5.78 Å². The number of fused-ring (bicyclic) bond motifs is 1. The van der Waals surface area contributed by atoms with Crippen molar-refractivity contribution in [2.75, 3.05) is 17.2 Å². The zero-order valence-electron chi connectivity index (χ0n) is 9.08. The predicted octanol–water partition coefficient (Wildman–Crippen LogP) is 2.12. The quantitative estimate of drug-likeness (QED) is 0.775. The monoisotopic (exact) mass is 204 g/mol. The van der Waals surface area contributed by atoms with E-state index >= 15 is 0 Å². The van der Waals surface area contributed by atoms with Gasteiger partial charge in [0.1, 0.15) is 6.04 Å². The second kappa shape index (κ2) is 3.93. The molecule has 0 aliphatic carbocycles. The molecule has 2 rings (SSSR count). The largest absolute Gasteiger partial charge is 0.381 e. The van der Waals surface area contributed by atoms with Crippen LogP contribution in [0.3, 0.4) is 0 Å². The summed E-state index contributed by atoms with van der Waals surface area (Å²) in [6.07, 6.45) is 0. The van der Waals surface area contributed by atoms with Gasteiger partial charge in [-0.2, -0.15) is 0 Å². The number of hydrogen-bond acceptors (Lipinski definition) is 3. The third kappa shape index (κ3) is 1.96. The first-order valence-corrected chi connectivity index (χ1v) is 5.31. The summed E-state index contributed by atoms with van der Waals surface area (Å²) in [6, 6.07) is 7.86. The Balaban J connectivity index is 2.15. The number of benzene rings is 1. The Morgan fingerprint density at radius 1 is 1.33 bits per heavy atom. The van der Waals surface area contributed by atoms with Gasteiger partial charge in [-0.15, -0.1) is 0 Å². The van der Waals surface area contributed by atoms with Gasteiger partial charge in [0.25, 0.3) is 0 Å². The van der Waals surface area contributed by atoms with E-state index in [0.717, 1.165) is 11.4 Å². The highest BCUT2D eigenvalue weighted by Gasteiger charge is 2.24. The van der Waals surface area contributed by atoms with Crippen molar-refractivity contribution in [3.8, 4) is 0 Å². The van der Waals surface area contributed by atoms with Crippen LogP contribution < -0.4 is 10.6 Å². The van der Waals surface area contributed by atoms with E-state index in [1.165, 1.54) is 0 Å². The van der Waals surface area contributed by atoms with Gasteiger partial charge in [-0.3, -0.25) is 4.79 Å². The molecule has 0 saturated carbocycles. The normalized spacial score (nSPS) is 19.0. The second-order valence-corrected chi connectivity index (χ2v) is 4.18. The van der Waals surface area contributed by atoms with Crippen LogP contribution in [0.5, 0.6) is 0 Å². The molecule has 1 aliphatic rings. The molecule has 0 radical (unpaired) electrons. The Morgan fingerprint density at radius 3 is 2.67 bits per heavy atom. The number of rotatable bonds is 2. The van der Waals surface area contributed by atoms with E-state index < -0.39 is 0 Å². The number of nitrogens with one attached hydrogen (secondary N) is 2. The summed E-state index contributed by atoms with van der Waals surface area (Å²) >= 11 is 0. The molecule has 1 aromatic carbocycles. The zero-order valence-corrected chi connectivity index (χ0v) is 9.08. The van der Waals surface area contributed by atoms with Crippen LogP contribution in [-0.4, -0.2) is 18.4 Å². The molecule has 0 unspecified atom stereocenters. The maximum absolute atomic E-state index is 11.8. The van der Waals surface area contributed by atoms with E-state index in [9.17, 15) is 4.79 Å². The summed E-state index contributed by atoms with van der Waals surface area (Å²) in [6.45, 7) is 4.54. The fourth-order valence-corrected chi connectivity index (χ4v) is 1.79. The van der Waals surface area contributed by atoms with E-state index in [1.54, 1.807) is 0 Å². The molecule has 80 valence electrons. The number of Topliss-reactive ketones (excluding diaryl/α,β-unsaturated/α-hetero) is 1. The Bertz CT molecular complexity index is 374. The molecule has 1 heterocycles. The van der Waals surface area contributed by atoms with Gasteiger partial charge in [-0.1, -0.05) is 26.0 Å². The van der Waals surface area contributed by atoms with Crippen molar-refractivity contribution in [3.05, 3.63) is 24.3 Å². The van der Waals surface area contributed by atoms with Crippen molar-refractivity contribution in [2.24, 2.45) is 5.92 Å². The lowest BCUT2D eigenvalue weighted by Crippen LogP contribution is -2.41. The molecule has 0 aromatic heterocycles. The van der Waals surface area contributed by atoms with Crippen molar-refractivity contribution in [2.45, 2.75) is 19.9 Å². The van der Waals surface area contributed by atoms with Crippen LogP contribution in [-0.2, 0) is 4.79 Å². The van der Waals surface area contributed by atoms with Crippen molar-refractivity contribution < 1.29 is 4.79 Å². The summed E-state index contributed by atoms with van der Waals surface area (Å²) in [7, 11) is 0. The molecule has 1 atom stereocenters. The van der Waals surface area contributed by atoms with E-state index in [-0.39, 0.29) is 17.7 Å². The topological polar surface area (TPSA) is 41.1 Å². The molecule has 1 aliphatic heterocycles. The molecular weight excluding hydrogens is 188 g/mol. The predicted molar refractivity (Wildman–Crippen MR) is 62.2 cm³/mol. The molecular formula is C12H16N2O. The lowest BCUT2D eigenvalue weighted by atomic mass is 9.99. The number of para-hydroxylation sites is 2. The lowest BCUT2D eigenvalue weighted by Gasteiger charge is -2.28. The lowest BCUT2D eigenvalue weighted by molar-refractivity contribution is -0.122. The number of hydrogen-bond donors (Lipinski definition) is 2. The van der Waals surface area contributed by atoms with Crippen LogP contribution in [0, 0.1) is 5.92 Å². The average molecular weight is 204 g/mol. The highest BCUT2D eigenvalue weighted by Crippen LogP contribution is 2.25. The maximum atomic E-state index is 11.8.